The number of nitrogens with one attached hydrogen (secondary N) is 1. The molecule has 1 N–H and O–H groups in total. The van der Waals surface area contributed by atoms with Crippen LogP contribution in [0.15, 0.2) is 18.2 Å². The summed E-state index contributed by atoms with van der Waals surface area (Å²) in [7, 11) is 0. The second-order valence-electron chi connectivity index (χ2n) is 5.79. The molecule has 1 amide bonds. The number of amides is 1. The van der Waals surface area contributed by atoms with Gasteiger partial charge in [-0.05, 0) is 39.8 Å². The first-order valence-electron chi connectivity index (χ1n) is 7.57. The van der Waals surface area contributed by atoms with Gasteiger partial charge in [0.2, 0.25) is 5.91 Å². The maximum Gasteiger partial charge on any atom is 0.227 e. The fourth-order valence-corrected chi connectivity index (χ4v) is 2.66. The molecule has 0 saturated carbocycles. The lowest BCUT2D eigenvalue weighted by Gasteiger charge is -2.04. The first-order chi connectivity index (χ1) is 10.9. The lowest BCUT2D eigenvalue weighted by molar-refractivity contribution is -0.116. The average molecular weight is 312 g/mol. The van der Waals surface area contributed by atoms with Gasteiger partial charge in [-0.1, -0.05) is 0 Å². The molecule has 0 fully saturated rings. The van der Waals surface area contributed by atoms with E-state index in [0.29, 0.717) is 18.8 Å². The number of anilines is 1. The fraction of sp³-hybridized carbons (Fsp3) is 0.375. The molecule has 0 unspecified atom stereocenters. The molecule has 7 nitrogen and oxygen atoms in total. The van der Waals surface area contributed by atoms with Gasteiger partial charge < -0.3 is 5.32 Å². The molecule has 0 aliphatic heterocycles. The van der Waals surface area contributed by atoms with Crippen molar-refractivity contribution < 1.29 is 4.79 Å². The van der Waals surface area contributed by atoms with Gasteiger partial charge in [0.1, 0.15) is 0 Å². The van der Waals surface area contributed by atoms with Crippen LogP contribution in [-0.2, 0) is 11.3 Å². The van der Waals surface area contributed by atoms with Crippen molar-refractivity contribution in [1.29, 1.82) is 0 Å². The van der Waals surface area contributed by atoms with Gasteiger partial charge in [0, 0.05) is 36.1 Å². The monoisotopic (exact) mass is 312 g/mol. The Morgan fingerprint density at radius 2 is 1.78 bits per heavy atom. The van der Waals surface area contributed by atoms with Crippen molar-refractivity contribution in [3.8, 4) is 0 Å². The lowest BCUT2D eigenvalue weighted by Crippen LogP contribution is -2.16. The van der Waals surface area contributed by atoms with Crippen molar-refractivity contribution >= 4 is 17.4 Å². The number of hydrogen-bond acceptors (Lipinski definition) is 4. The average Bonchev–Trinajstić information content (AvgIpc) is 2.99. The van der Waals surface area contributed by atoms with E-state index in [1.54, 1.807) is 10.6 Å². The third-order valence-corrected chi connectivity index (χ3v) is 3.65. The minimum Gasteiger partial charge on any atom is -0.309 e. The molecule has 3 aromatic rings. The molecular weight excluding hydrogens is 292 g/mol. The Hall–Kier alpha value is -2.70. The summed E-state index contributed by atoms with van der Waals surface area (Å²) in [6.07, 6.45) is 0.348. The molecule has 7 heteroatoms. The Bertz CT molecular complexity index is 876. The smallest absolute Gasteiger partial charge is 0.227 e. The lowest BCUT2D eigenvalue weighted by atomic mass is 10.3. The van der Waals surface area contributed by atoms with Gasteiger partial charge in [0.05, 0.1) is 5.69 Å². The maximum atomic E-state index is 12.1. The van der Waals surface area contributed by atoms with E-state index in [2.05, 4.69) is 20.5 Å². The summed E-state index contributed by atoms with van der Waals surface area (Å²) in [5.74, 6) is 0.430. The van der Waals surface area contributed by atoms with E-state index in [4.69, 9.17) is 0 Å². The highest BCUT2D eigenvalue weighted by molar-refractivity contribution is 5.90. The van der Waals surface area contributed by atoms with E-state index in [-0.39, 0.29) is 5.91 Å². The van der Waals surface area contributed by atoms with E-state index in [1.165, 1.54) is 0 Å². The van der Waals surface area contributed by atoms with Crippen LogP contribution in [0, 0.1) is 27.7 Å². The molecular formula is C16H20N6O. The minimum absolute atomic E-state index is 0.0877. The number of nitrogens with zero attached hydrogens (tertiary/aromatic N) is 5. The molecule has 120 valence electrons. The van der Waals surface area contributed by atoms with Crippen molar-refractivity contribution in [1.82, 2.24) is 24.4 Å². The standard InChI is InChI=1S/C16H20N6O/c1-10-7-13(4)22-15(17-10)9-14(20-22)18-16(23)5-6-21-12(3)8-11(2)19-21/h7-9H,5-6H2,1-4H3,(H,18,20,23). The van der Waals surface area contributed by atoms with Crippen LogP contribution in [0.3, 0.4) is 0 Å². The molecule has 0 bridgehead atoms. The van der Waals surface area contributed by atoms with Crippen molar-refractivity contribution in [3.05, 3.63) is 41.0 Å². The van der Waals surface area contributed by atoms with Gasteiger partial charge in [0.15, 0.2) is 11.5 Å². The zero-order chi connectivity index (χ0) is 16.6. The Morgan fingerprint density at radius 1 is 1.04 bits per heavy atom. The summed E-state index contributed by atoms with van der Waals surface area (Å²) < 4.78 is 3.57. The first-order valence-corrected chi connectivity index (χ1v) is 7.57. The van der Waals surface area contributed by atoms with Crippen molar-refractivity contribution in [2.75, 3.05) is 5.32 Å². The van der Waals surface area contributed by atoms with Crippen LogP contribution in [0.1, 0.15) is 29.2 Å². The van der Waals surface area contributed by atoms with Crippen molar-refractivity contribution in [3.63, 3.8) is 0 Å². The van der Waals surface area contributed by atoms with E-state index >= 15 is 0 Å². The van der Waals surface area contributed by atoms with Crippen LogP contribution < -0.4 is 5.32 Å². The van der Waals surface area contributed by atoms with Crippen molar-refractivity contribution in [2.24, 2.45) is 0 Å². The Balaban J connectivity index is 1.68. The molecule has 0 aliphatic rings. The maximum absolute atomic E-state index is 12.1. The van der Waals surface area contributed by atoms with Gasteiger partial charge in [0.25, 0.3) is 0 Å². The summed E-state index contributed by atoms with van der Waals surface area (Å²) >= 11 is 0. The summed E-state index contributed by atoms with van der Waals surface area (Å²) in [4.78, 5) is 16.5. The van der Waals surface area contributed by atoms with Gasteiger partial charge in [-0.15, -0.1) is 5.10 Å². The van der Waals surface area contributed by atoms with E-state index < -0.39 is 0 Å². The van der Waals surface area contributed by atoms with Gasteiger partial charge in [-0.3, -0.25) is 9.48 Å². The number of aryl methyl sites for hydroxylation is 5. The molecule has 0 radical (unpaired) electrons. The number of fused-ring (bicyclic) bond motifs is 1. The Morgan fingerprint density at radius 3 is 2.48 bits per heavy atom. The normalized spacial score (nSPS) is 11.1. The van der Waals surface area contributed by atoms with E-state index in [1.807, 2.05) is 44.5 Å². The largest absolute Gasteiger partial charge is 0.309 e. The summed E-state index contributed by atoms with van der Waals surface area (Å²) in [6, 6.07) is 5.73. The molecule has 3 rings (SSSR count). The van der Waals surface area contributed by atoms with Crippen LogP contribution in [0.5, 0.6) is 0 Å². The number of aromatic nitrogens is 5. The molecule has 0 spiro atoms. The molecule has 3 aromatic heterocycles. The van der Waals surface area contributed by atoms with E-state index in [0.717, 1.165) is 28.4 Å². The zero-order valence-corrected chi connectivity index (χ0v) is 13.8. The molecule has 0 aromatic carbocycles. The SMILES string of the molecule is Cc1cc(C)n2nc(NC(=O)CCn3nc(C)cc3C)cc2n1. The van der Waals surface area contributed by atoms with Crippen LogP contribution in [-0.4, -0.2) is 30.3 Å². The number of carbonyl (C=O) groups excluding carboxylic acids is 1. The minimum atomic E-state index is -0.0877. The highest BCUT2D eigenvalue weighted by Gasteiger charge is 2.10. The van der Waals surface area contributed by atoms with Crippen LogP contribution in [0.25, 0.3) is 5.65 Å². The molecule has 0 atom stereocenters. The van der Waals surface area contributed by atoms with Gasteiger partial charge in [-0.2, -0.15) is 5.10 Å². The van der Waals surface area contributed by atoms with Crippen LogP contribution >= 0.6 is 0 Å². The quantitative estimate of drug-likeness (QED) is 0.801. The molecule has 0 aliphatic carbocycles. The number of rotatable bonds is 4. The van der Waals surface area contributed by atoms with Gasteiger partial charge >= 0.3 is 0 Å². The Labute approximate surface area is 134 Å². The second-order valence-corrected chi connectivity index (χ2v) is 5.79. The third-order valence-electron chi connectivity index (χ3n) is 3.65. The number of hydrogen-bond donors (Lipinski definition) is 1. The number of carbonyl (C=O) groups is 1. The van der Waals surface area contributed by atoms with Crippen LogP contribution in [0.2, 0.25) is 0 Å². The fourth-order valence-electron chi connectivity index (χ4n) is 2.66. The summed E-state index contributed by atoms with van der Waals surface area (Å²) in [6.45, 7) is 8.37. The highest BCUT2D eigenvalue weighted by Crippen LogP contribution is 2.13. The highest BCUT2D eigenvalue weighted by atomic mass is 16.1. The van der Waals surface area contributed by atoms with Crippen molar-refractivity contribution in [2.45, 2.75) is 40.7 Å². The molecule has 23 heavy (non-hydrogen) atoms. The molecule has 3 heterocycles. The van der Waals surface area contributed by atoms with Gasteiger partial charge in [-0.25, -0.2) is 9.50 Å². The summed E-state index contributed by atoms with van der Waals surface area (Å²) in [5, 5.41) is 11.5. The molecule has 0 saturated heterocycles. The Kier molecular flexibility index (Phi) is 3.85. The second kappa shape index (κ2) is 5.83. The predicted molar refractivity (Wildman–Crippen MR) is 87.4 cm³/mol. The predicted octanol–water partition coefficient (Wildman–Crippen LogP) is 2.19. The first kappa shape index (κ1) is 15.2. The van der Waals surface area contributed by atoms with E-state index in [9.17, 15) is 4.79 Å². The summed E-state index contributed by atoms with van der Waals surface area (Å²) in [5.41, 5.74) is 4.66. The van der Waals surface area contributed by atoms with Crippen LogP contribution in [0.4, 0.5) is 5.82 Å². The zero-order valence-electron chi connectivity index (χ0n) is 13.8. The topological polar surface area (TPSA) is 77.1 Å². The third kappa shape index (κ3) is 3.23.